The van der Waals surface area contributed by atoms with Gasteiger partial charge < -0.3 is 19.8 Å². The molecule has 2 aromatic rings. The number of likely N-dealkylation sites (tertiary alicyclic amines) is 1. The van der Waals surface area contributed by atoms with E-state index >= 15 is 0 Å². The van der Waals surface area contributed by atoms with E-state index in [9.17, 15) is 19.8 Å². The molecular formula is C25H29NO5. The predicted octanol–water partition coefficient (Wildman–Crippen LogP) is 4.25. The van der Waals surface area contributed by atoms with E-state index in [1.54, 1.807) is 24.3 Å². The summed E-state index contributed by atoms with van der Waals surface area (Å²) in [6.45, 7) is 8.49. The molecule has 3 rings (SSSR count). The second-order valence-electron chi connectivity index (χ2n) is 8.16. The van der Waals surface area contributed by atoms with Crippen LogP contribution in [0.1, 0.15) is 48.6 Å². The zero-order valence-electron chi connectivity index (χ0n) is 18.4. The number of benzene rings is 2. The van der Waals surface area contributed by atoms with Crippen molar-refractivity contribution in [3.8, 4) is 5.75 Å². The molecule has 1 amide bonds. The number of phenols is 1. The van der Waals surface area contributed by atoms with E-state index < -0.39 is 17.7 Å². The maximum Gasteiger partial charge on any atom is 0.295 e. The first-order chi connectivity index (χ1) is 14.7. The van der Waals surface area contributed by atoms with Crippen LogP contribution in [0.3, 0.4) is 0 Å². The minimum Gasteiger partial charge on any atom is -0.508 e. The van der Waals surface area contributed by atoms with Crippen LogP contribution in [0.15, 0.2) is 48.0 Å². The van der Waals surface area contributed by atoms with Crippen molar-refractivity contribution in [2.75, 3.05) is 13.2 Å². The lowest BCUT2D eigenvalue weighted by Gasteiger charge is -2.25. The number of amides is 1. The summed E-state index contributed by atoms with van der Waals surface area (Å²) < 4.78 is 5.57. The molecule has 0 bridgehead atoms. The van der Waals surface area contributed by atoms with Gasteiger partial charge in [0.05, 0.1) is 17.7 Å². The monoisotopic (exact) mass is 423 g/mol. The van der Waals surface area contributed by atoms with Crippen LogP contribution in [0.2, 0.25) is 0 Å². The van der Waals surface area contributed by atoms with Gasteiger partial charge in [0.1, 0.15) is 11.5 Å². The van der Waals surface area contributed by atoms with Crippen LogP contribution in [-0.2, 0) is 14.3 Å². The molecule has 6 nitrogen and oxygen atoms in total. The number of ketones is 1. The Morgan fingerprint density at radius 2 is 1.84 bits per heavy atom. The summed E-state index contributed by atoms with van der Waals surface area (Å²) in [5, 5.41) is 21.1. The van der Waals surface area contributed by atoms with Crippen molar-refractivity contribution in [2.24, 2.45) is 0 Å². The molecule has 1 heterocycles. The summed E-state index contributed by atoms with van der Waals surface area (Å²) in [5.41, 5.74) is 3.11. The van der Waals surface area contributed by atoms with Gasteiger partial charge in [-0.3, -0.25) is 9.59 Å². The van der Waals surface area contributed by atoms with Gasteiger partial charge in [0.2, 0.25) is 0 Å². The normalized spacial score (nSPS) is 18.2. The Hall–Kier alpha value is -3.12. The highest BCUT2D eigenvalue weighted by Gasteiger charge is 2.45. The number of Topliss-reactive ketones (excluding diaryl/α,β-unsaturated/α-hetero) is 1. The molecule has 31 heavy (non-hydrogen) atoms. The van der Waals surface area contributed by atoms with Crippen LogP contribution in [0, 0.1) is 13.8 Å². The Bertz CT molecular complexity index is 1020. The smallest absolute Gasteiger partial charge is 0.295 e. The standard InChI is InChI=1S/C25H29NO5/c1-15(2)31-12-6-11-26-22(18-7-5-8-20(27)14-18)21(24(29)25(26)30)23(28)19-10-9-16(3)17(4)13-19/h5,7-10,13-15,22,27-28H,6,11-12H2,1-4H3/b23-21-. The summed E-state index contributed by atoms with van der Waals surface area (Å²) in [4.78, 5) is 27.3. The van der Waals surface area contributed by atoms with E-state index in [0.29, 0.717) is 30.7 Å². The van der Waals surface area contributed by atoms with Crippen LogP contribution in [-0.4, -0.2) is 46.1 Å². The molecule has 1 atom stereocenters. The minimum absolute atomic E-state index is 0.0254. The Morgan fingerprint density at radius 1 is 1.10 bits per heavy atom. The predicted molar refractivity (Wildman–Crippen MR) is 119 cm³/mol. The highest BCUT2D eigenvalue weighted by atomic mass is 16.5. The summed E-state index contributed by atoms with van der Waals surface area (Å²) in [6, 6.07) is 11.1. The van der Waals surface area contributed by atoms with Gasteiger partial charge in [-0.05, 0) is 69.0 Å². The van der Waals surface area contributed by atoms with Crippen molar-refractivity contribution in [1.82, 2.24) is 4.90 Å². The number of rotatable bonds is 7. The number of carbonyl (C=O) groups excluding carboxylic acids is 2. The number of aromatic hydroxyl groups is 1. The molecule has 1 saturated heterocycles. The number of phenolic OH excluding ortho intramolecular Hbond substituents is 1. The SMILES string of the molecule is Cc1ccc(/C(O)=C2/C(=O)C(=O)N(CCCOC(C)C)C2c2cccc(O)c2)cc1C. The summed E-state index contributed by atoms with van der Waals surface area (Å²) in [5.74, 6) is -1.58. The Morgan fingerprint density at radius 3 is 2.48 bits per heavy atom. The topological polar surface area (TPSA) is 87.1 Å². The quantitative estimate of drug-likeness (QED) is 0.301. The summed E-state index contributed by atoms with van der Waals surface area (Å²) in [7, 11) is 0. The first-order valence-corrected chi connectivity index (χ1v) is 10.5. The molecule has 1 fully saturated rings. The number of aliphatic hydroxyl groups excluding tert-OH is 1. The van der Waals surface area contributed by atoms with Gasteiger partial charge in [-0.2, -0.15) is 0 Å². The minimum atomic E-state index is -0.784. The number of nitrogens with zero attached hydrogens (tertiary/aromatic N) is 1. The average Bonchev–Trinajstić information content (AvgIpc) is 2.97. The largest absolute Gasteiger partial charge is 0.508 e. The van der Waals surface area contributed by atoms with Gasteiger partial charge in [0, 0.05) is 18.7 Å². The molecule has 6 heteroatoms. The molecule has 0 spiro atoms. The number of carbonyl (C=O) groups is 2. The van der Waals surface area contributed by atoms with E-state index in [1.807, 2.05) is 33.8 Å². The molecule has 2 aromatic carbocycles. The van der Waals surface area contributed by atoms with E-state index in [4.69, 9.17) is 4.74 Å². The van der Waals surface area contributed by atoms with Crippen LogP contribution in [0.25, 0.3) is 5.76 Å². The van der Waals surface area contributed by atoms with Crippen LogP contribution >= 0.6 is 0 Å². The first-order valence-electron chi connectivity index (χ1n) is 10.5. The molecule has 1 aliphatic heterocycles. The van der Waals surface area contributed by atoms with E-state index in [-0.39, 0.29) is 23.2 Å². The zero-order valence-corrected chi connectivity index (χ0v) is 18.4. The second kappa shape index (κ2) is 9.35. The van der Waals surface area contributed by atoms with E-state index in [1.165, 1.54) is 17.0 Å². The highest BCUT2D eigenvalue weighted by Crippen LogP contribution is 2.40. The van der Waals surface area contributed by atoms with Crippen LogP contribution in [0.5, 0.6) is 5.75 Å². The number of aliphatic hydroxyl groups is 1. The molecular weight excluding hydrogens is 394 g/mol. The third-order valence-corrected chi connectivity index (χ3v) is 5.50. The maximum atomic E-state index is 13.0. The molecule has 1 unspecified atom stereocenters. The van der Waals surface area contributed by atoms with Crippen molar-refractivity contribution < 1.29 is 24.5 Å². The molecule has 164 valence electrons. The molecule has 0 aliphatic carbocycles. The van der Waals surface area contributed by atoms with E-state index in [2.05, 4.69) is 0 Å². The van der Waals surface area contributed by atoms with Gasteiger partial charge in [-0.15, -0.1) is 0 Å². The maximum absolute atomic E-state index is 13.0. The van der Waals surface area contributed by atoms with Gasteiger partial charge in [0.25, 0.3) is 11.7 Å². The molecule has 1 aliphatic rings. The van der Waals surface area contributed by atoms with Crippen molar-refractivity contribution in [2.45, 2.75) is 46.3 Å². The fourth-order valence-corrected chi connectivity index (χ4v) is 3.75. The lowest BCUT2D eigenvalue weighted by molar-refractivity contribution is -0.140. The Kier molecular flexibility index (Phi) is 6.81. The van der Waals surface area contributed by atoms with Crippen molar-refractivity contribution in [3.63, 3.8) is 0 Å². The zero-order chi connectivity index (χ0) is 22.7. The van der Waals surface area contributed by atoms with Gasteiger partial charge in [-0.25, -0.2) is 0 Å². The third kappa shape index (κ3) is 4.80. The first kappa shape index (κ1) is 22.6. The Labute approximate surface area is 182 Å². The van der Waals surface area contributed by atoms with Gasteiger partial charge in [-0.1, -0.05) is 24.3 Å². The van der Waals surface area contributed by atoms with Gasteiger partial charge >= 0.3 is 0 Å². The second-order valence-corrected chi connectivity index (χ2v) is 8.16. The average molecular weight is 424 g/mol. The summed E-state index contributed by atoms with van der Waals surface area (Å²) >= 11 is 0. The van der Waals surface area contributed by atoms with Crippen molar-refractivity contribution >= 4 is 17.4 Å². The van der Waals surface area contributed by atoms with Crippen molar-refractivity contribution in [3.05, 3.63) is 70.3 Å². The lowest BCUT2D eigenvalue weighted by atomic mass is 9.94. The lowest BCUT2D eigenvalue weighted by Crippen LogP contribution is -2.31. The summed E-state index contributed by atoms with van der Waals surface area (Å²) in [6.07, 6.45) is 0.617. The number of hydrogen-bond acceptors (Lipinski definition) is 5. The third-order valence-electron chi connectivity index (χ3n) is 5.50. The highest BCUT2D eigenvalue weighted by molar-refractivity contribution is 6.46. The van der Waals surface area contributed by atoms with Gasteiger partial charge in [0.15, 0.2) is 0 Å². The molecule has 0 radical (unpaired) electrons. The van der Waals surface area contributed by atoms with Crippen molar-refractivity contribution in [1.29, 1.82) is 0 Å². The molecule has 2 N–H and O–H groups in total. The van der Waals surface area contributed by atoms with E-state index in [0.717, 1.165) is 11.1 Å². The fourth-order valence-electron chi connectivity index (χ4n) is 3.75. The number of aryl methyl sites for hydroxylation is 2. The fraction of sp³-hybridized carbons (Fsp3) is 0.360. The van der Waals surface area contributed by atoms with Crippen LogP contribution in [0.4, 0.5) is 0 Å². The molecule has 0 saturated carbocycles. The molecule has 0 aromatic heterocycles. The number of hydrogen-bond donors (Lipinski definition) is 2. The Balaban J connectivity index is 2.06. The number of ether oxygens (including phenoxy) is 1. The van der Waals surface area contributed by atoms with Crippen LogP contribution < -0.4 is 0 Å².